The van der Waals surface area contributed by atoms with Crippen LogP contribution >= 0.6 is 0 Å². The number of rotatable bonds is 11. The quantitative estimate of drug-likeness (QED) is 0.311. The van der Waals surface area contributed by atoms with Crippen LogP contribution in [0.5, 0.6) is 0 Å². The fourth-order valence-corrected chi connectivity index (χ4v) is 2.55. The normalized spacial score (nSPS) is 13.4. The lowest BCUT2D eigenvalue weighted by Gasteiger charge is -2.22. The highest BCUT2D eigenvalue weighted by Crippen LogP contribution is 2.16. The van der Waals surface area contributed by atoms with Gasteiger partial charge in [-0.05, 0) is 38.3 Å². The van der Waals surface area contributed by atoms with E-state index in [1.807, 2.05) is 0 Å². The molecule has 2 atom stereocenters. The molecule has 0 heterocycles. The van der Waals surface area contributed by atoms with E-state index >= 15 is 0 Å². The minimum atomic E-state index is -2.15. The number of carboxylic acids is 1. The molecular formula is C19H25F4N3O4. The van der Waals surface area contributed by atoms with Gasteiger partial charge in [-0.1, -0.05) is 0 Å². The topological polar surface area (TPSA) is 122 Å². The molecule has 11 heteroatoms. The molecule has 0 saturated carbocycles. The predicted molar refractivity (Wildman–Crippen MR) is 99.6 cm³/mol. The van der Waals surface area contributed by atoms with Gasteiger partial charge in [-0.2, -0.15) is 0 Å². The van der Waals surface area contributed by atoms with Gasteiger partial charge in [0.15, 0.2) is 17.3 Å². The van der Waals surface area contributed by atoms with E-state index < -0.39 is 53.0 Å². The first-order chi connectivity index (χ1) is 13.8. The number of carboxylic acid groups (broad SMARTS) is 1. The summed E-state index contributed by atoms with van der Waals surface area (Å²) in [5, 5.41) is 13.6. The van der Waals surface area contributed by atoms with Gasteiger partial charge in [0, 0.05) is 37.5 Å². The van der Waals surface area contributed by atoms with Crippen molar-refractivity contribution in [2.75, 3.05) is 6.54 Å². The third-order valence-electron chi connectivity index (χ3n) is 4.14. The Kier molecular flexibility index (Phi) is 9.22. The maximum atomic E-state index is 13.7. The Morgan fingerprint density at radius 2 is 1.73 bits per heavy atom. The molecule has 1 aromatic carbocycles. The number of hydrogen-bond acceptors (Lipinski definition) is 4. The van der Waals surface area contributed by atoms with Gasteiger partial charge in [-0.15, -0.1) is 0 Å². The summed E-state index contributed by atoms with van der Waals surface area (Å²) < 4.78 is 53.5. The van der Waals surface area contributed by atoms with Crippen LogP contribution in [-0.4, -0.2) is 47.2 Å². The largest absolute Gasteiger partial charge is 0.481 e. The zero-order valence-electron chi connectivity index (χ0n) is 16.6. The average molecular weight is 435 g/mol. The molecule has 1 rings (SSSR count). The van der Waals surface area contributed by atoms with E-state index in [2.05, 4.69) is 10.6 Å². The zero-order valence-corrected chi connectivity index (χ0v) is 16.6. The Bertz CT molecular complexity index is 784. The van der Waals surface area contributed by atoms with Crippen LogP contribution in [0.15, 0.2) is 12.1 Å². The molecule has 0 bridgehead atoms. The molecule has 0 radical (unpaired) electrons. The van der Waals surface area contributed by atoms with Gasteiger partial charge in [0.25, 0.3) is 5.91 Å². The molecule has 7 nitrogen and oxygen atoms in total. The zero-order chi connectivity index (χ0) is 23.1. The molecule has 30 heavy (non-hydrogen) atoms. The number of alkyl halides is 1. The number of nitrogens with one attached hydrogen (secondary N) is 2. The van der Waals surface area contributed by atoms with Crippen LogP contribution in [0.2, 0.25) is 0 Å². The maximum absolute atomic E-state index is 13.7. The number of halogens is 4. The first kappa shape index (κ1) is 25.3. The molecule has 0 fully saturated rings. The SMILES string of the molecule is CC(C)(F)C(=O)NC[C@H](CCC(=O)O)NC(=O)CC(N)Cc1cc(F)c(F)cc1F. The van der Waals surface area contributed by atoms with E-state index in [9.17, 15) is 31.9 Å². The summed E-state index contributed by atoms with van der Waals surface area (Å²) in [6.45, 7) is 1.88. The Labute approximate surface area is 171 Å². The summed E-state index contributed by atoms with van der Waals surface area (Å²) in [6, 6.07) is -0.711. The summed E-state index contributed by atoms with van der Waals surface area (Å²) in [6.07, 6.45) is -0.930. The molecule has 0 spiro atoms. The van der Waals surface area contributed by atoms with E-state index in [1.54, 1.807) is 0 Å². The van der Waals surface area contributed by atoms with Crippen molar-refractivity contribution in [3.8, 4) is 0 Å². The second-order valence-electron chi connectivity index (χ2n) is 7.41. The summed E-state index contributed by atoms with van der Waals surface area (Å²) in [7, 11) is 0. The number of nitrogens with two attached hydrogens (primary N) is 1. The van der Waals surface area contributed by atoms with Gasteiger partial charge < -0.3 is 21.5 Å². The summed E-state index contributed by atoms with van der Waals surface area (Å²) >= 11 is 0. The standard InChI is InChI=1S/C19H25F4N3O4/c1-19(2,23)18(30)25-9-12(3-4-17(28)29)26-16(27)7-11(24)5-10-6-14(21)15(22)8-13(10)20/h6,8,11-12H,3-5,7,9,24H2,1-2H3,(H,25,30)(H,26,27)(H,28,29)/t11?,12-/m0/s1. The van der Waals surface area contributed by atoms with Crippen LogP contribution in [-0.2, 0) is 20.8 Å². The molecule has 0 saturated heterocycles. The van der Waals surface area contributed by atoms with Crippen LogP contribution in [0.3, 0.4) is 0 Å². The van der Waals surface area contributed by atoms with Gasteiger partial charge >= 0.3 is 5.97 Å². The third kappa shape index (κ3) is 8.76. The third-order valence-corrected chi connectivity index (χ3v) is 4.14. The van der Waals surface area contributed by atoms with Crippen molar-refractivity contribution in [1.29, 1.82) is 0 Å². The molecule has 2 amide bonds. The Morgan fingerprint density at radius 3 is 2.30 bits per heavy atom. The van der Waals surface area contributed by atoms with Crippen molar-refractivity contribution in [1.82, 2.24) is 10.6 Å². The Morgan fingerprint density at radius 1 is 1.13 bits per heavy atom. The summed E-state index contributed by atoms with van der Waals surface area (Å²) in [5.41, 5.74) is 3.43. The van der Waals surface area contributed by atoms with Gasteiger partial charge in [-0.25, -0.2) is 17.6 Å². The maximum Gasteiger partial charge on any atom is 0.303 e. The molecule has 0 aliphatic heterocycles. The first-order valence-corrected chi connectivity index (χ1v) is 9.17. The van der Waals surface area contributed by atoms with Gasteiger partial charge in [0.05, 0.1) is 0 Å². The van der Waals surface area contributed by atoms with Crippen LogP contribution in [0, 0.1) is 17.5 Å². The molecule has 1 unspecified atom stereocenters. The first-order valence-electron chi connectivity index (χ1n) is 9.17. The van der Waals surface area contributed by atoms with E-state index in [0.717, 1.165) is 13.8 Å². The molecule has 1 aromatic rings. The van der Waals surface area contributed by atoms with E-state index in [4.69, 9.17) is 10.8 Å². The van der Waals surface area contributed by atoms with Crippen molar-refractivity contribution in [2.24, 2.45) is 5.73 Å². The number of carbonyl (C=O) groups excluding carboxylic acids is 2. The number of amides is 2. The lowest BCUT2D eigenvalue weighted by atomic mass is 10.0. The Hall–Kier alpha value is -2.69. The van der Waals surface area contributed by atoms with Crippen LogP contribution < -0.4 is 16.4 Å². The number of benzene rings is 1. The van der Waals surface area contributed by atoms with Gasteiger partial charge in [-0.3, -0.25) is 14.4 Å². The molecule has 5 N–H and O–H groups in total. The smallest absolute Gasteiger partial charge is 0.303 e. The summed E-state index contributed by atoms with van der Waals surface area (Å²) in [4.78, 5) is 34.6. The number of carbonyl (C=O) groups is 3. The highest BCUT2D eigenvalue weighted by molar-refractivity contribution is 5.84. The highest BCUT2D eigenvalue weighted by atomic mass is 19.2. The predicted octanol–water partition coefficient (Wildman–Crippen LogP) is 1.58. The Balaban J connectivity index is 2.67. The monoisotopic (exact) mass is 435 g/mol. The average Bonchev–Trinajstić information content (AvgIpc) is 2.60. The van der Waals surface area contributed by atoms with Crippen molar-refractivity contribution < 1.29 is 37.1 Å². The van der Waals surface area contributed by atoms with Crippen LogP contribution in [0.1, 0.15) is 38.7 Å². The minimum Gasteiger partial charge on any atom is -0.481 e. The molecule has 0 aromatic heterocycles. The van der Waals surface area contributed by atoms with E-state index in [1.165, 1.54) is 0 Å². The fraction of sp³-hybridized carbons (Fsp3) is 0.526. The van der Waals surface area contributed by atoms with Gasteiger partial charge in [0.1, 0.15) is 5.82 Å². The van der Waals surface area contributed by atoms with E-state index in [0.29, 0.717) is 12.1 Å². The summed E-state index contributed by atoms with van der Waals surface area (Å²) in [5.74, 6) is -6.28. The fourth-order valence-electron chi connectivity index (χ4n) is 2.55. The highest BCUT2D eigenvalue weighted by Gasteiger charge is 2.27. The van der Waals surface area contributed by atoms with Crippen molar-refractivity contribution >= 4 is 17.8 Å². The lowest BCUT2D eigenvalue weighted by molar-refractivity contribution is -0.137. The van der Waals surface area contributed by atoms with Crippen molar-refractivity contribution in [3.63, 3.8) is 0 Å². The molecular weight excluding hydrogens is 410 g/mol. The molecule has 0 aliphatic rings. The lowest BCUT2D eigenvalue weighted by Crippen LogP contribution is -2.48. The minimum absolute atomic E-state index is 0.0406. The van der Waals surface area contributed by atoms with Gasteiger partial charge in [0.2, 0.25) is 5.91 Å². The van der Waals surface area contributed by atoms with Crippen molar-refractivity contribution in [3.05, 3.63) is 35.1 Å². The number of hydrogen-bond donors (Lipinski definition) is 4. The second-order valence-corrected chi connectivity index (χ2v) is 7.41. The number of aliphatic carboxylic acids is 1. The molecule has 168 valence electrons. The molecule has 0 aliphatic carbocycles. The second kappa shape index (κ2) is 10.9. The van der Waals surface area contributed by atoms with E-state index in [-0.39, 0.29) is 37.8 Å². The van der Waals surface area contributed by atoms with Crippen LogP contribution in [0.4, 0.5) is 17.6 Å². The van der Waals surface area contributed by atoms with Crippen molar-refractivity contribution in [2.45, 2.75) is 57.3 Å². The van der Waals surface area contributed by atoms with Crippen LogP contribution in [0.25, 0.3) is 0 Å².